The fraction of sp³-hybridized carbons (Fsp3) is 0.471. The molecule has 3 rings (SSSR count). The van der Waals surface area contributed by atoms with Crippen molar-refractivity contribution in [2.75, 3.05) is 18.8 Å². The molecule has 0 bridgehead atoms. The van der Waals surface area contributed by atoms with Gasteiger partial charge in [0.25, 0.3) is 0 Å². The molecule has 0 atom stereocenters. The van der Waals surface area contributed by atoms with Crippen LogP contribution >= 0.6 is 11.8 Å². The number of carbonyl (C=O) groups is 2. The Balaban J connectivity index is 1.72. The predicted molar refractivity (Wildman–Crippen MR) is 95.0 cm³/mol. The fourth-order valence-electron chi connectivity index (χ4n) is 2.68. The molecule has 3 amide bonds. The van der Waals surface area contributed by atoms with E-state index in [0.717, 1.165) is 29.2 Å². The average molecular weight is 346 g/mol. The van der Waals surface area contributed by atoms with Crippen molar-refractivity contribution in [1.82, 2.24) is 19.8 Å². The summed E-state index contributed by atoms with van der Waals surface area (Å²) in [6, 6.07) is 7.82. The summed E-state index contributed by atoms with van der Waals surface area (Å²) in [4.78, 5) is 29.2. The van der Waals surface area contributed by atoms with Crippen LogP contribution in [0.15, 0.2) is 29.4 Å². The molecule has 1 aliphatic heterocycles. The second-order valence-corrected chi connectivity index (χ2v) is 7.33. The maximum absolute atomic E-state index is 11.6. The predicted octanol–water partition coefficient (Wildman–Crippen LogP) is 2.73. The van der Waals surface area contributed by atoms with Crippen LogP contribution in [0.4, 0.5) is 4.79 Å². The molecule has 0 radical (unpaired) electrons. The number of thioether (sulfide) groups is 1. The molecular weight excluding hydrogens is 324 g/mol. The van der Waals surface area contributed by atoms with E-state index in [9.17, 15) is 9.59 Å². The molecule has 1 aliphatic rings. The van der Waals surface area contributed by atoms with E-state index in [2.05, 4.69) is 29.8 Å². The number of para-hydroxylation sites is 2. The highest BCUT2D eigenvalue weighted by Crippen LogP contribution is 2.25. The number of carbonyl (C=O) groups excluding carboxylic acids is 2. The van der Waals surface area contributed by atoms with Crippen molar-refractivity contribution < 1.29 is 9.59 Å². The standard InChI is InChI=1S/C17H22N4O2S/c1-12(2)7-8-20-14-6-4-3-5-13(14)19-17(20)24-10-9-21-15(22)11-18-16(21)23/h3-6,12H,7-11H2,1-2H3,(H,18,23). The monoisotopic (exact) mass is 346 g/mol. The molecule has 0 spiro atoms. The smallest absolute Gasteiger partial charge is 0.324 e. The molecule has 128 valence electrons. The van der Waals surface area contributed by atoms with Crippen LogP contribution in [0.1, 0.15) is 20.3 Å². The van der Waals surface area contributed by atoms with E-state index < -0.39 is 0 Å². The molecule has 0 unspecified atom stereocenters. The first-order chi connectivity index (χ1) is 11.6. The minimum atomic E-state index is -0.297. The minimum absolute atomic E-state index is 0.108. The van der Waals surface area contributed by atoms with E-state index in [0.29, 0.717) is 18.2 Å². The van der Waals surface area contributed by atoms with Gasteiger partial charge in [-0.25, -0.2) is 9.78 Å². The summed E-state index contributed by atoms with van der Waals surface area (Å²) in [5.41, 5.74) is 2.12. The topological polar surface area (TPSA) is 67.2 Å². The molecule has 2 aromatic rings. The van der Waals surface area contributed by atoms with Crippen LogP contribution in [0, 0.1) is 5.92 Å². The Morgan fingerprint density at radius 3 is 2.75 bits per heavy atom. The first-order valence-electron chi connectivity index (χ1n) is 8.22. The number of aryl methyl sites for hydroxylation is 1. The summed E-state index contributed by atoms with van der Waals surface area (Å²) in [5.74, 6) is 1.10. The van der Waals surface area contributed by atoms with Crippen LogP contribution in [0.2, 0.25) is 0 Å². The van der Waals surface area contributed by atoms with Gasteiger partial charge in [0.15, 0.2) is 5.16 Å². The Morgan fingerprint density at radius 1 is 1.25 bits per heavy atom. The van der Waals surface area contributed by atoms with Gasteiger partial charge < -0.3 is 9.88 Å². The average Bonchev–Trinajstić information content (AvgIpc) is 3.07. The van der Waals surface area contributed by atoms with Gasteiger partial charge in [0.1, 0.15) is 0 Å². The molecule has 24 heavy (non-hydrogen) atoms. The molecule has 1 fully saturated rings. The third-order valence-electron chi connectivity index (χ3n) is 4.03. The lowest BCUT2D eigenvalue weighted by Crippen LogP contribution is -2.32. The van der Waals surface area contributed by atoms with Gasteiger partial charge in [0.05, 0.1) is 17.6 Å². The van der Waals surface area contributed by atoms with Gasteiger partial charge in [-0.3, -0.25) is 9.69 Å². The van der Waals surface area contributed by atoms with E-state index in [1.807, 2.05) is 18.2 Å². The van der Waals surface area contributed by atoms with E-state index in [4.69, 9.17) is 4.98 Å². The van der Waals surface area contributed by atoms with Gasteiger partial charge in [-0.15, -0.1) is 0 Å². The fourth-order valence-corrected chi connectivity index (χ4v) is 3.64. The highest BCUT2D eigenvalue weighted by molar-refractivity contribution is 7.99. The Kier molecular flexibility index (Phi) is 5.08. The van der Waals surface area contributed by atoms with E-state index in [1.54, 1.807) is 11.8 Å². The number of nitrogens with one attached hydrogen (secondary N) is 1. The lowest BCUT2D eigenvalue weighted by Gasteiger charge is -2.13. The molecule has 2 heterocycles. The second-order valence-electron chi connectivity index (χ2n) is 6.27. The van der Waals surface area contributed by atoms with Gasteiger partial charge in [0, 0.05) is 18.8 Å². The zero-order chi connectivity index (χ0) is 17.1. The van der Waals surface area contributed by atoms with Gasteiger partial charge in [-0.1, -0.05) is 37.7 Å². The van der Waals surface area contributed by atoms with Crippen molar-refractivity contribution in [3.8, 4) is 0 Å². The number of imide groups is 1. The Morgan fingerprint density at radius 2 is 2.04 bits per heavy atom. The Labute approximate surface area is 145 Å². The van der Waals surface area contributed by atoms with Crippen molar-refractivity contribution in [3.05, 3.63) is 24.3 Å². The van der Waals surface area contributed by atoms with Gasteiger partial charge in [-0.05, 0) is 24.5 Å². The van der Waals surface area contributed by atoms with Crippen molar-refractivity contribution in [2.45, 2.75) is 32.0 Å². The lowest BCUT2D eigenvalue weighted by molar-refractivity contribution is -0.124. The number of hydrogen-bond donors (Lipinski definition) is 1. The first kappa shape index (κ1) is 16.8. The molecule has 1 N–H and O–H groups in total. The zero-order valence-corrected chi connectivity index (χ0v) is 14.8. The van der Waals surface area contributed by atoms with Crippen LogP contribution in [0.3, 0.4) is 0 Å². The Hall–Kier alpha value is -2.02. The molecule has 6 nitrogen and oxygen atoms in total. The van der Waals surface area contributed by atoms with Crippen molar-refractivity contribution in [3.63, 3.8) is 0 Å². The number of benzene rings is 1. The molecular formula is C17H22N4O2S. The van der Waals surface area contributed by atoms with Crippen molar-refractivity contribution >= 4 is 34.7 Å². The van der Waals surface area contributed by atoms with Crippen molar-refractivity contribution in [1.29, 1.82) is 0 Å². The number of imidazole rings is 1. The van der Waals surface area contributed by atoms with Crippen molar-refractivity contribution in [2.24, 2.45) is 5.92 Å². The number of amides is 3. The summed E-state index contributed by atoms with van der Waals surface area (Å²) in [7, 11) is 0. The number of nitrogens with zero attached hydrogens (tertiary/aromatic N) is 3. The second kappa shape index (κ2) is 7.25. The van der Waals surface area contributed by atoms with Gasteiger partial charge in [0.2, 0.25) is 5.91 Å². The quantitative estimate of drug-likeness (QED) is 0.618. The molecule has 7 heteroatoms. The number of aromatic nitrogens is 2. The highest BCUT2D eigenvalue weighted by Gasteiger charge is 2.27. The third kappa shape index (κ3) is 3.56. The summed E-state index contributed by atoms with van der Waals surface area (Å²) < 4.78 is 2.24. The normalized spacial score (nSPS) is 14.9. The van der Waals surface area contributed by atoms with E-state index in [-0.39, 0.29) is 18.5 Å². The molecule has 1 aromatic heterocycles. The van der Waals surface area contributed by atoms with E-state index >= 15 is 0 Å². The number of hydrogen-bond acceptors (Lipinski definition) is 4. The Bertz CT molecular complexity index is 740. The summed E-state index contributed by atoms with van der Waals surface area (Å²) >= 11 is 1.59. The maximum atomic E-state index is 11.6. The van der Waals surface area contributed by atoms with Crippen LogP contribution in [-0.2, 0) is 11.3 Å². The number of rotatable bonds is 7. The zero-order valence-electron chi connectivity index (χ0n) is 14.0. The van der Waals surface area contributed by atoms with Crippen LogP contribution in [0.5, 0.6) is 0 Å². The van der Waals surface area contributed by atoms with Gasteiger partial charge >= 0.3 is 6.03 Å². The SMILES string of the molecule is CC(C)CCn1c(SCCN2C(=O)CNC2=O)nc2ccccc21. The largest absolute Gasteiger partial charge is 0.329 e. The van der Waals surface area contributed by atoms with Crippen LogP contribution in [0.25, 0.3) is 11.0 Å². The molecule has 1 saturated heterocycles. The number of fused-ring (bicyclic) bond motifs is 1. The molecule has 0 aliphatic carbocycles. The third-order valence-corrected chi connectivity index (χ3v) is 4.99. The molecule has 1 aromatic carbocycles. The minimum Gasteiger partial charge on any atom is -0.329 e. The highest BCUT2D eigenvalue weighted by atomic mass is 32.2. The maximum Gasteiger partial charge on any atom is 0.324 e. The van der Waals surface area contributed by atoms with E-state index in [1.165, 1.54) is 4.90 Å². The van der Waals surface area contributed by atoms with Crippen LogP contribution in [-0.4, -0.2) is 45.2 Å². The molecule has 0 saturated carbocycles. The summed E-state index contributed by atoms with van der Waals surface area (Å²) in [6.45, 7) is 5.86. The summed E-state index contributed by atoms with van der Waals surface area (Å²) in [5, 5.41) is 3.49. The summed E-state index contributed by atoms with van der Waals surface area (Å²) in [6.07, 6.45) is 1.08. The lowest BCUT2D eigenvalue weighted by atomic mass is 10.1. The number of urea groups is 1. The first-order valence-corrected chi connectivity index (χ1v) is 9.21. The van der Waals surface area contributed by atoms with Gasteiger partial charge in [-0.2, -0.15) is 0 Å². The van der Waals surface area contributed by atoms with Crippen LogP contribution < -0.4 is 5.32 Å².